The molecule has 1 fully saturated rings. The lowest BCUT2D eigenvalue weighted by Gasteiger charge is -2.20. The van der Waals surface area contributed by atoms with Gasteiger partial charge in [0, 0.05) is 18.8 Å². The largest absolute Gasteiger partial charge is 0.465 e. The van der Waals surface area contributed by atoms with Gasteiger partial charge in [-0.15, -0.1) is 11.3 Å². The predicted octanol–water partition coefficient (Wildman–Crippen LogP) is 1.93. The number of ether oxygens (including phenoxy) is 1. The van der Waals surface area contributed by atoms with Crippen LogP contribution in [0.5, 0.6) is 0 Å². The number of anilines is 2. The maximum Gasteiger partial charge on any atom is 0.350 e. The molecule has 1 aromatic rings. The minimum absolute atomic E-state index is 0.242. The molecule has 5 nitrogen and oxygen atoms in total. The molecule has 0 saturated carbocycles. The molecule has 1 aliphatic rings. The van der Waals surface area contributed by atoms with Crippen molar-refractivity contribution >= 4 is 39.8 Å². The van der Waals surface area contributed by atoms with Gasteiger partial charge in [0.15, 0.2) is 0 Å². The third-order valence-corrected chi connectivity index (χ3v) is 5.21. The van der Waals surface area contributed by atoms with Crippen LogP contribution in [0.15, 0.2) is 0 Å². The molecule has 1 aliphatic heterocycles. The van der Waals surface area contributed by atoms with Crippen LogP contribution in [-0.4, -0.2) is 37.7 Å². The minimum atomic E-state index is -0.477. The van der Waals surface area contributed by atoms with E-state index in [1.807, 2.05) is 11.8 Å². The van der Waals surface area contributed by atoms with Crippen LogP contribution >= 0.6 is 23.1 Å². The molecule has 19 heavy (non-hydrogen) atoms. The van der Waals surface area contributed by atoms with E-state index >= 15 is 0 Å². The van der Waals surface area contributed by atoms with E-state index in [4.69, 9.17) is 10.5 Å². The first-order chi connectivity index (χ1) is 9.19. The van der Waals surface area contributed by atoms with Crippen molar-refractivity contribution in [3.8, 4) is 6.07 Å². The number of thioether (sulfide) groups is 1. The average Bonchev–Trinajstić information content (AvgIpc) is 2.61. The van der Waals surface area contributed by atoms with Gasteiger partial charge in [0.05, 0.1) is 12.8 Å². The fraction of sp³-hybridized carbons (Fsp3) is 0.500. The second kappa shape index (κ2) is 6.17. The topological polar surface area (TPSA) is 79.3 Å². The summed E-state index contributed by atoms with van der Waals surface area (Å²) in [4.78, 5) is 14.1. The molecule has 0 aromatic carbocycles. The number of nitrogens with zero attached hydrogens (tertiary/aromatic N) is 2. The molecule has 2 N–H and O–H groups in total. The first-order valence-corrected chi connectivity index (χ1v) is 7.89. The fourth-order valence-electron chi connectivity index (χ4n) is 1.96. The predicted molar refractivity (Wildman–Crippen MR) is 78.9 cm³/mol. The molecule has 0 radical (unpaired) electrons. The number of nitrogens with two attached hydrogens (primary N) is 1. The summed E-state index contributed by atoms with van der Waals surface area (Å²) in [5, 5.41) is 10.1. The third kappa shape index (κ3) is 2.80. The van der Waals surface area contributed by atoms with Crippen molar-refractivity contribution in [3.05, 3.63) is 10.4 Å². The van der Waals surface area contributed by atoms with Crippen molar-refractivity contribution in [1.82, 2.24) is 0 Å². The van der Waals surface area contributed by atoms with Gasteiger partial charge in [-0.1, -0.05) is 0 Å². The molecule has 0 aliphatic carbocycles. The quantitative estimate of drug-likeness (QED) is 0.840. The highest BCUT2D eigenvalue weighted by Crippen LogP contribution is 2.38. The van der Waals surface area contributed by atoms with Gasteiger partial charge >= 0.3 is 5.97 Å². The van der Waals surface area contributed by atoms with Crippen LogP contribution in [0.2, 0.25) is 0 Å². The lowest BCUT2D eigenvalue weighted by atomic mass is 10.2. The van der Waals surface area contributed by atoms with E-state index in [2.05, 4.69) is 11.0 Å². The van der Waals surface area contributed by atoms with Gasteiger partial charge in [-0.25, -0.2) is 4.79 Å². The van der Waals surface area contributed by atoms with Crippen molar-refractivity contribution in [2.24, 2.45) is 0 Å². The third-order valence-electron chi connectivity index (χ3n) is 2.92. The number of methoxy groups -OCH3 is 1. The summed E-state index contributed by atoms with van der Waals surface area (Å²) in [6.45, 7) is 1.77. The molecular weight excluding hydrogens is 282 g/mol. The van der Waals surface area contributed by atoms with Crippen molar-refractivity contribution in [1.29, 1.82) is 5.26 Å². The summed E-state index contributed by atoms with van der Waals surface area (Å²) in [6, 6.07) is 2.11. The Labute approximate surface area is 120 Å². The summed E-state index contributed by atoms with van der Waals surface area (Å²) in [5.41, 5.74) is 6.53. The average molecular weight is 297 g/mol. The van der Waals surface area contributed by atoms with Crippen molar-refractivity contribution < 1.29 is 9.53 Å². The van der Waals surface area contributed by atoms with Crippen LogP contribution in [0, 0.1) is 11.3 Å². The summed E-state index contributed by atoms with van der Waals surface area (Å²) < 4.78 is 4.70. The monoisotopic (exact) mass is 297 g/mol. The van der Waals surface area contributed by atoms with Gasteiger partial charge in [0.1, 0.15) is 21.5 Å². The Morgan fingerprint density at radius 2 is 2.26 bits per heavy atom. The Kier molecular flexibility index (Phi) is 4.56. The van der Waals surface area contributed by atoms with Crippen LogP contribution in [0.3, 0.4) is 0 Å². The summed E-state index contributed by atoms with van der Waals surface area (Å²) >= 11 is 3.16. The molecule has 102 valence electrons. The van der Waals surface area contributed by atoms with Gasteiger partial charge < -0.3 is 15.4 Å². The zero-order valence-electron chi connectivity index (χ0n) is 10.6. The van der Waals surface area contributed by atoms with Crippen LogP contribution < -0.4 is 10.6 Å². The second-order valence-corrected chi connectivity index (χ2v) is 6.31. The van der Waals surface area contributed by atoms with E-state index < -0.39 is 5.97 Å². The van der Waals surface area contributed by atoms with Gasteiger partial charge in [-0.3, -0.25) is 0 Å². The molecule has 1 saturated heterocycles. The molecule has 2 heterocycles. The molecule has 0 amide bonds. The Hall–Kier alpha value is -1.39. The Morgan fingerprint density at radius 3 is 2.95 bits per heavy atom. The molecule has 0 unspecified atom stereocenters. The Balaban J connectivity index is 2.39. The van der Waals surface area contributed by atoms with Crippen LogP contribution in [0.4, 0.5) is 10.7 Å². The number of thiophene rings is 1. The summed E-state index contributed by atoms with van der Waals surface area (Å²) in [6.07, 6.45) is 1.07. The van der Waals surface area contributed by atoms with Gasteiger partial charge in [-0.2, -0.15) is 17.0 Å². The van der Waals surface area contributed by atoms with Crippen LogP contribution in [-0.2, 0) is 4.74 Å². The lowest BCUT2D eigenvalue weighted by Crippen LogP contribution is -2.25. The van der Waals surface area contributed by atoms with Gasteiger partial charge in [-0.05, 0) is 12.2 Å². The minimum Gasteiger partial charge on any atom is -0.465 e. The Bertz CT molecular complexity index is 514. The molecule has 0 bridgehead atoms. The van der Waals surface area contributed by atoms with Crippen LogP contribution in [0.25, 0.3) is 0 Å². The van der Waals surface area contributed by atoms with Gasteiger partial charge in [0.2, 0.25) is 0 Å². The number of carbonyl (C=O) groups excluding carboxylic acids is 1. The normalized spacial score (nSPS) is 15.7. The zero-order valence-corrected chi connectivity index (χ0v) is 12.3. The molecule has 1 aromatic heterocycles. The van der Waals surface area contributed by atoms with E-state index in [1.54, 1.807) is 0 Å². The van der Waals surface area contributed by atoms with E-state index in [0.717, 1.165) is 36.0 Å². The number of hydrogen-bond acceptors (Lipinski definition) is 7. The molecular formula is C12H15N3O2S2. The van der Waals surface area contributed by atoms with E-state index in [0.29, 0.717) is 10.4 Å². The van der Waals surface area contributed by atoms with Crippen molar-refractivity contribution in [2.45, 2.75) is 6.42 Å². The highest BCUT2D eigenvalue weighted by atomic mass is 32.2. The first kappa shape index (κ1) is 14.0. The summed E-state index contributed by atoms with van der Waals surface area (Å²) in [5.74, 6) is 1.67. The number of nitrogen functional groups attached to an aromatic ring is 1. The maximum absolute atomic E-state index is 11.6. The molecule has 0 spiro atoms. The number of nitriles is 1. The molecule has 7 heteroatoms. The molecule has 2 rings (SSSR count). The van der Waals surface area contributed by atoms with E-state index in [9.17, 15) is 10.1 Å². The highest BCUT2D eigenvalue weighted by Gasteiger charge is 2.25. The number of rotatable bonds is 2. The SMILES string of the molecule is COC(=O)c1sc(N2CCCSCC2)c(C#N)c1N. The van der Waals surface area contributed by atoms with E-state index in [-0.39, 0.29) is 5.69 Å². The van der Waals surface area contributed by atoms with Crippen molar-refractivity contribution in [3.63, 3.8) is 0 Å². The van der Waals surface area contributed by atoms with E-state index in [1.165, 1.54) is 18.4 Å². The first-order valence-electron chi connectivity index (χ1n) is 5.92. The number of esters is 1. The number of carbonyl (C=O) groups is 1. The second-order valence-electron chi connectivity index (χ2n) is 4.08. The fourth-order valence-corrected chi connectivity index (χ4v) is 3.98. The standard InChI is InChI=1S/C12H15N3O2S2/c1-17-12(16)10-9(14)8(7-13)11(19-10)15-3-2-5-18-6-4-15/h2-6,14H2,1H3. The maximum atomic E-state index is 11.6. The molecule has 0 atom stereocenters. The summed E-state index contributed by atoms with van der Waals surface area (Å²) in [7, 11) is 1.32. The highest BCUT2D eigenvalue weighted by molar-refractivity contribution is 7.99. The zero-order chi connectivity index (χ0) is 13.8. The lowest BCUT2D eigenvalue weighted by molar-refractivity contribution is 0.0607. The Morgan fingerprint density at radius 1 is 1.47 bits per heavy atom. The van der Waals surface area contributed by atoms with Crippen LogP contribution in [0.1, 0.15) is 21.7 Å². The number of hydrogen-bond donors (Lipinski definition) is 1. The van der Waals surface area contributed by atoms with Crippen molar-refractivity contribution in [2.75, 3.05) is 42.3 Å². The smallest absolute Gasteiger partial charge is 0.350 e. The van der Waals surface area contributed by atoms with Gasteiger partial charge in [0.25, 0.3) is 0 Å².